The Kier molecular flexibility index (Phi) is 0.537. The summed E-state index contributed by atoms with van der Waals surface area (Å²) in [5.74, 6) is 0. The van der Waals surface area contributed by atoms with Crippen molar-refractivity contribution >= 4 is 11.1 Å². The molecule has 3 heteroatoms. The number of fused-ring (bicyclic) bond motifs is 5. The maximum absolute atomic E-state index is 4.03. The molecule has 1 aromatic heterocycles. The quantitative estimate of drug-likeness (QED) is 0.570. The van der Waals surface area contributed by atoms with Gasteiger partial charge in [0.1, 0.15) is 11.4 Å². The normalized spacial score (nSPS) is 18.8. The second-order valence-electron chi connectivity index (χ2n) is 2.58. The van der Waals surface area contributed by atoms with Crippen LogP contribution in [0.2, 0.25) is 0 Å². The number of rotatable bonds is 0. The van der Waals surface area contributed by atoms with E-state index in [1.165, 1.54) is 11.1 Å². The molecule has 0 fully saturated rings. The first-order valence-corrected chi connectivity index (χ1v) is 3.26. The van der Waals surface area contributed by atoms with Crippen molar-refractivity contribution in [2.75, 3.05) is 0 Å². The number of aromatic amines is 1. The highest BCUT2D eigenvalue weighted by Crippen LogP contribution is 2.41. The van der Waals surface area contributed by atoms with Gasteiger partial charge in [-0.2, -0.15) is 15.4 Å². The molecule has 0 saturated carbocycles. The minimum Gasteiger partial charge on any atom is -0.197 e. The van der Waals surface area contributed by atoms with E-state index in [-0.39, 0.29) is 0 Å². The van der Waals surface area contributed by atoms with Crippen LogP contribution in [0, 0.1) is 0 Å². The lowest BCUT2D eigenvalue weighted by atomic mass is 10.2. The third-order valence-corrected chi connectivity index (χ3v) is 2.02. The zero-order chi connectivity index (χ0) is 6.55. The largest absolute Gasteiger partial charge is 0.197 e. The van der Waals surface area contributed by atoms with Crippen LogP contribution >= 0.6 is 0 Å². The molecule has 0 aliphatic heterocycles. The first-order valence-electron chi connectivity index (χ1n) is 3.26. The monoisotopic (exact) mass is 131 g/mol. The summed E-state index contributed by atoms with van der Waals surface area (Å²) in [7, 11) is 0. The Bertz CT molecular complexity index is 324. The van der Waals surface area contributed by atoms with E-state index >= 15 is 0 Å². The van der Waals surface area contributed by atoms with Gasteiger partial charge in [0.2, 0.25) is 0 Å². The molecule has 48 valence electrons. The summed E-state index contributed by atoms with van der Waals surface area (Å²) in [6.07, 6.45) is 5.26. The van der Waals surface area contributed by atoms with Crippen LogP contribution < -0.4 is 0 Å². The summed E-state index contributed by atoms with van der Waals surface area (Å²) in [5.41, 5.74) is 4.72. The van der Waals surface area contributed by atoms with Crippen molar-refractivity contribution in [2.24, 2.45) is 0 Å². The van der Waals surface area contributed by atoms with Crippen LogP contribution in [0.25, 0.3) is 11.1 Å². The SMILES string of the molecule is C1=C2CC(=C1)c1n[nH]nc12. The van der Waals surface area contributed by atoms with Gasteiger partial charge >= 0.3 is 0 Å². The zero-order valence-electron chi connectivity index (χ0n) is 5.26. The van der Waals surface area contributed by atoms with Gasteiger partial charge in [0, 0.05) is 6.42 Å². The lowest BCUT2D eigenvalue weighted by Crippen LogP contribution is -1.79. The molecule has 0 spiro atoms. The predicted octanol–water partition coefficient (Wildman–Crippen LogP) is 0.989. The molecule has 0 radical (unpaired) electrons. The molecule has 0 saturated heterocycles. The number of aromatic nitrogens is 3. The Labute approximate surface area is 57.5 Å². The smallest absolute Gasteiger partial charge is 0.116 e. The van der Waals surface area contributed by atoms with Crippen LogP contribution in [0.4, 0.5) is 0 Å². The number of hydrogen-bond acceptors (Lipinski definition) is 2. The van der Waals surface area contributed by atoms with E-state index < -0.39 is 0 Å². The van der Waals surface area contributed by atoms with Crippen molar-refractivity contribution in [3.8, 4) is 0 Å². The van der Waals surface area contributed by atoms with E-state index in [0.717, 1.165) is 17.8 Å². The van der Waals surface area contributed by atoms with E-state index in [2.05, 4.69) is 27.6 Å². The molecule has 0 unspecified atom stereocenters. The minimum absolute atomic E-state index is 1.04. The highest BCUT2D eigenvalue weighted by atomic mass is 15.3. The Balaban J connectivity index is 2.46. The van der Waals surface area contributed by atoms with Gasteiger partial charge in [0.05, 0.1) is 0 Å². The number of hydrogen-bond donors (Lipinski definition) is 1. The van der Waals surface area contributed by atoms with Crippen LogP contribution in [0.1, 0.15) is 17.8 Å². The molecule has 1 aromatic rings. The van der Waals surface area contributed by atoms with E-state index in [4.69, 9.17) is 0 Å². The topological polar surface area (TPSA) is 41.6 Å². The number of H-pyrrole nitrogens is 1. The average molecular weight is 131 g/mol. The van der Waals surface area contributed by atoms with E-state index in [1.807, 2.05) is 0 Å². The molecule has 10 heavy (non-hydrogen) atoms. The van der Waals surface area contributed by atoms with Gasteiger partial charge in [-0.3, -0.25) is 0 Å². The molecule has 0 aromatic carbocycles. The van der Waals surface area contributed by atoms with Crippen molar-refractivity contribution in [1.29, 1.82) is 0 Å². The van der Waals surface area contributed by atoms with Gasteiger partial charge in [0.25, 0.3) is 0 Å². The van der Waals surface area contributed by atoms with Crippen molar-refractivity contribution < 1.29 is 0 Å². The third-order valence-electron chi connectivity index (χ3n) is 2.02. The van der Waals surface area contributed by atoms with Gasteiger partial charge in [-0.25, -0.2) is 0 Å². The molecule has 2 aliphatic rings. The molecular formula is C7H5N3. The second kappa shape index (κ2) is 1.21. The lowest BCUT2D eigenvalue weighted by molar-refractivity contribution is 0.927. The fourth-order valence-corrected chi connectivity index (χ4v) is 1.53. The maximum Gasteiger partial charge on any atom is 0.116 e. The van der Waals surface area contributed by atoms with Crippen LogP contribution in [-0.2, 0) is 0 Å². The maximum atomic E-state index is 4.03. The molecule has 3 nitrogen and oxygen atoms in total. The number of nitrogens with zero attached hydrogens (tertiary/aromatic N) is 2. The molecule has 1 N–H and O–H groups in total. The highest BCUT2D eigenvalue weighted by molar-refractivity contribution is 5.95. The van der Waals surface area contributed by atoms with Gasteiger partial charge in [0.15, 0.2) is 0 Å². The molecule has 2 aliphatic carbocycles. The summed E-state index contributed by atoms with van der Waals surface area (Å²) in [6.45, 7) is 0. The predicted molar refractivity (Wildman–Crippen MR) is 37.0 cm³/mol. The van der Waals surface area contributed by atoms with Crippen LogP contribution in [0.3, 0.4) is 0 Å². The Morgan fingerprint density at radius 1 is 1.10 bits per heavy atom. The lowest BCUT2D eigenvalue weighted by Gasteiger charge is -1.88. The van der Waals surface area contributed by atoms with Crippen molar-refractivity contribution in [2.45, 2.75) is 6.42 Å². The molecule has 0 amide bonds. The second-order valence-corrected chi connectivity index (χ2v) is 2.58. The van der Waals surface area contributed by atoms with Gasteiger partial charge < -0.3 is 0 Å². The van der Waals surface area contributed by atoms with Gasteiger partial charge in [-0.15, -0.1) is 0 Å². The summed E-state index contributed by atoms with van der Waals surface area (Å²) in [5, 5.41) is 10.7. The van der Waals surface area contributed by atoms with E-state index in [0.29, 0.717) is 0 Å². The highest BCUT2D eigenvalue weighted by Gasteiger charge is 2.27. The average Bonchev–Trinajstić information content (AvgIpc) is 2.60. The van der Waals surface area contributed by atoms with Crippen molar-refractivity contribution in [3.05, 3.63) is 23.5 Å². The summed E-state index contributed by atoms with van der Waals surface area (Å²) >= 11 is 0. The molecule has 2 bridgehead atoms. The standard InChI is InChI=1S/C7H5N3/c1-2-5-3-4(1)6-7(5)9-10-8-6/h1-2H,3H2,(H,8,9,10). The molecular weight excluding hydrogens is 126 g/mol. The fourth-order valence-electron chi connectivity index (χ4n) is 1.53. The Morgan fingerprint density at radius 2 is 1.70 bits per heavy atom. The van der Waals surface area contributed by atoms with E-state index in [1.54, 1.807) is 0 Å². The summed E-state index contributed by atoms with van der Waals surface area (Å²) in [6, 6.07) is 0. The molecule has 0 atom stereocenters. The van der Waals surface area contributed by atoms with Gasteiger partial charge in [-0.05, 0) is 11.1 Å². The first kappa shape index (κ1) is 4.44. The minimum atomic E-state index is 1.04. The van der Waals surface area contributed by atoms with Crippen molar-refractivity contribution in [3.63, 3.8) is 0 Å². The van der Waals surface area contributed by atoms with Gasteiger partial charge in [-0.1, -0.05) is 12.2 Å². The van der Waals surface area contributed by atoms with Crippen LogP contribution in [0.15, 0.2) is 12.2 Å². The summed E-state index contributed by atoms with van der Waals surface area (Å²) in [4.78, 5) is 0. The fraction of sp³-hybridized carbons (Fsp3) is 0.143. The molecule has 3 rings (SSSR count). The van der Waals surface area contributed by atoms with Crippen LogP contribution in [0.5, 0.6) is 0 Å². The summed E-state index contributed by atoms with van der Waals surface area (Å²) < 4.78 is 0. The molecule has 1 heterocycles. The zero-order valence-corrected chi connectivity index (χ0v) is 5.26. The van der Waals surface area contributed by atoms with E-state index in [9.17, 15) is 0 Å². The number of allylic oxidation sites excluding steroid dienone is 4. The Morgan fingerprint density at radius 3 is 2.30 bits per heavy atom. The Hall–Kier alpha value is -1.38. The third kappa shape index (κ3) is 0.319. The number of nitrogens with one attached hydrogen (secondary N) is 1. The van der Waals surface area contributed by atoms with Crippen molar-refractivity contribution in [1.82, 2.24) is 15.4 Å². The first-order chi connectivity index (χ1) is 4.95. The van der Waals surface area contributed by atoms with Crippen LogP contribution in [-0.4, -0.2) is 15.4 Å².